The lowest BCUT2D eigenvalue weighted by atomic mass is 10.1. The molecule has 1 heterocycles. The smallest absolute Gasteiger partial charge is 0.250 e. The minimum absolute atomic E-state index is 0. The van der Waals surface area contributed by atoms with E-state index in [-0.39, 0.29) is 24.4 Å². The van der Waals surface area contributed by atoms with Crippen LogP contribution in [0.2, 0.25) is 0 Å². The summed E-state index contributed by atoms with van der Waals surface area (Å²) in [7, 11) is -3.52. The Morgan fingerprint density at radius 2 is 2.09 bits per heavy atom. The normalized spacial score (nSPS) is 12.5. The van der Waals surface area contributed by atoms with E-state index in [4.69, 9.17) is 5.73 Å². The summed E-state index contributed by atoms with van der Waals surface area (Å²) < 4.78 is 27.6. The first-order valence-corrected chi connectivity index (χ1v) is 9.74. The second kappa shape index (κ2) is 11.0. The van der Waals surface area contributed by atoms with Crippen LogP contribution in [0.25, 0.3) is 0 Å². The number of unbranched alkanes of at least 4 members (excludes halogenated alkanes) is 1. The van der Waals surface area contributed by atoms with Crippen molar-refractivity contribution in [1.82, 2.24) is 10.0 Å². The third-order valence-electron chi connectivity index (χ3n) is 3.16. The molecule has 0 aliphatic rings. The number of amides is 1. The fourth-order valence-corrected chi connectivity index (χ4v) is 4.61. The Balaban J connectivity index is 0.00000484. The highest BCUT2D eigenvalue weighted by Gasteiger charge is 2.20. The van der Waals surface area contributed by atoms with Crippen molar-refractivity contribution in [3.8, 4) is 0 Å². The van der Waals surface area contributed by atoms with Crippen LogP contribution in [-0.4, -0.2) is 33.5 Å². The summed E-state index contributed by atoms with van der Waals surface area (Å²) in [5, 5.41) is 2.69. The van der Waals surface area contributed by atoms with E-state index < -0.39 is 10.0 Å². The van der Waals surface area contributed by atoms with E-state index in [1.807, 2.05) is 0 Å². The summed E-state index contributed by atoms with van der Waals surface area (Å²) in [5.41, 5.74) is 5.63. The number of rotatable bonds is 10. The van der Waals surface area contributed by atoms with Crippen LogP contribution in [0.5, 0.6) is 0 Å². The number of hydrogen-bond acceptors (Lipinski definition) is 5. The van der Waals surface area contributed by atoms with Crippen LogP contribution in [-0.2, 0) is 21.2 Å². The van der Waals surface area contributed by atoms with E-state index in [1.165, 1.54) is 18.3 Å². The van der Waals surface area contributed by atoms with Crippen molar-refractivity contribution >= 4 is 39.7 Å². The van der Waals surface area contributed by atoms with Gasteiger partial charge >= 0.3 is 0 Å². The van der Waals surface area contributed by atoms with Gasteiger partial charge in [0.2, 0.25) is 15.9 Å². The standard InChI is InChI=1S/C14H25N3O3S2.ClH/c1-3-4-5-12(10-15)17-22(19,20)14-7-6-13(21-14)8-9-16-11(2)18;/h6-7,12,17H,3-5,8-10,15H2,1-2H3,(H,16,18);1H. The molecule has 0 saturated heterocycles. The van der Waals surface area contributed by atoms with Crippen LogP contribution in [0, 0.1) is 0 Å². The predicted molar refractivity (Wildman–Crippen MR) is 96.6 cm³/mol. The Hall–Kier alpha value is -0.670. The molecule has 1 amide bonds. The molecule has 1 aromatic rings. The Bertz CT molecular complexity index is 576. The van der Waals surface area contributed by atoms with Crippen molar-refractivity contribution in [3.05, 3.63) is 17.0 Å². The van der Waals surface area contributed by atoms with Gasteiger partial charge < -0.3 is 11.1 Å². The fraction of sp³-hybridized carbons (Fsp3) is 0.643. The zero-order chi connectivity index (χ0) is 16.6. The molecule has 0 bridgehead atoms. The molecule has 1 atom stereocenters. The predicted octanol–water partition coefficient (Wildman–Crippen LogP) is 1.64. The van der Waals surface area contributed by atoms with Gasteiger partial charge in [-0.25, -0.2) is 13.1 Å². The average Bonchev–Trinajstić information content (AvgIpc) is 2.92. The maximum absolute atomic E-state index is 12.3. The Labute approximate surface area is 148 Å². The molecule has 0 aliphatic carbocycles. The fourth-order valence-electron chi connectivity index (χ4n) is 1.95. The molecule has 1 unspecified atom stereocenters. The highest BCUT2D eigenvalue weighted by Crippen LogP contribution is 2.22. The molecule has 0 spiro atoms. The van der Waals surface area contributed by atoms with Gasteiger partial charge in [0.15, 0.2) is 0 Å². The summed E-state index contributed by atoms with van der Waals surface area (Å²) in [4.78, 5) is 11.7. The summed E-state index contributed by atoms with van der Waals surface area (Å²) >= 11 is 1.23. The molecule has 134 valence electrons. The first kappa shape index (κ1) is 22.3. The van der Waals surface area contributed by atoms with Crippen LogP contribution in [0.1, 0.15) is 38.0 Å². The number of halogens is 1. The van der Waals surface area contributed by atoms with E-state index in [0.717, 1.165) is 24.1 Å². The van der Waals surface area contributed by atoms with Crippen molar-refractivity contribution in [2.45, 2.75) is 49.8 Å². The number of nitrogens with two attached hydrogens (primary N) is 1. The van der Waals surface area contributed by atoms with Crippen LogP contribution < -0.4 is 15.8 Å². The first-order chi connectivity index (χ1) is 10.4. The molecule has 9 heteroatoms. The van der Waals surface area contributed by atoms with Crippen LogP contribution in [0.15, 0.2) is 16.3 Å². The summed E-state index contributed by atoms with van der Waals surface area (Å²) in [6, 6.07) is 3.16. The molecular formula is C14H26ClN3O3S2. The molecule has 23 heavy (non-hydrogen) atoms. The molecule has 4 N–H and O–H groups in total. The molecule has 1 aromatic heterocycles. The van der Waals surface area contributed by atoms with Gasteiger partial charge in [0.1, 0.15) is 4.21 Å². The Kier molecular flexibility index (Phi) is 10.7. The maximum Gasteiger partial charge on any atom is 0.250 e. The highest BCUT2D eigenvalue weighted by molar-refractivity contribution is 7.91. The Morgan fingerprint density at radius 1 is 1.39 bits per heavy atom. The lowest BCUT2D eigenvalue weighted by Gasteiger charge is -2.15. The third-order valence-corrected chi connectivity index (χ3v) is 6.32. The number of carbonyl (C=O) groups is 1. The van der Waals surface area contributed by atoms with Gasteiger partial charge in [0, 0.05) is 30.9 Å². The number of nitrogens with one attached hydrogen (secondary N) is 2. The topological polar surface area (TPSA) is 101 Å². The lowest BCUT2D eigenvalue weighted by Crippen LogP contribution is -2.39. The summed E-state index contributed by atoms with van der Waals surface area (Å²) in [5.74, 6) is -0.0900. The number of thiophene rings is 1. The SMILES string of the molecule is CCCCC(CN)NS(=O)(=O)c1ccc(CCNC(C)=O)s1.Cl. The zero-order valence-electron chi connectivity index (χ0n) is 13.5. The van der Waals surface area contributed by atoms with Gasteiger partial charge in [-0.1, -0.05) is 19.8 Å². The monoisotopic (exact) mass is 383 g/mol. The molecular weight excluding hydrogens is 358 g/mol. The maximum atomic E-state index is 12.3. The van der Waals surface area contributed by atoms with Gasteiger partial charge in [-0.15, -0.1) is 23.7 Å². The van der Waals surface area contributed by atoms with E-state index in [1.54, 1.807) is 12.1 Å². The molecule has 0 fully saturated rings. The van der Waals surface area contributed by atoms with Gasteiger partial charge in [0.25, 0.3) is 0 Å². The molecule has 0 radical (unpaired) electrons. The highest BCUT2D eigenvalue weighted by atomic mass is 35.5. The quantitative estimate of drug-likeness (QED) is 0.571. The lowest BCUT2D eigenvalue weighted by molar-refractivity contribution is -0.118. The molecule has 0 aliphatic heterocycles. The summed E-state index contributed by atoms with van der Waals surface area (Å²) in [6.45, 7) is 4.31. The van der Waals surface area contributed by atoms with Crippen LogP contribution in [0.3, 0.4) is 0 Å². The van der Waals surface area contributed by atoms with Crippen molar-refractivity contribution in [2.75, 3.05) is 13.1 Å². The van der Waals surface area contributed by atoms with E-state index in [0.29, 0.717) is 23.7 Å². The minimum atomic E-state index is -3.52. The van der Waals surface area contributed by atoms with Gasteiger partial charge in [-0.2, -0.15) is 0 Å². The van der Waals surface area contributed by atoms with Crippen LogP contribution in [0.4, 0.5) is 0 Å². The molecule has 0 aromatic carbocycles. The molecule has 6 nitrogen and oxygen atoms in total. The van der Waals surface area contributed by atoms with E-state index in [9.17, 15) is 13.2 Å². The summed E-state index contributed by atoms with van der Waals surface area (Å²) in [6.07, 6.45) is 3.31. The van der Waals surface area contributed by atoms with E-state index >= 15 is 0 Å². The first-order valence-electron chi connectivity index (χ1n) is 7.44. The molecule has 1 rings (SSSR count). The minimum Gasteiger partial charge on any atom is -0.356 e. The van der Waals surface area contributed by atoms with Gasteiger partial charge in [-0.05, 0) is 25.0 Å². The van der Waals surface area contributed by atoms with Crippen molar-refractivity contribution in [2.24, 2.45) is 5.73 Å². The van der Waals surface area contributed by atoms with Crippen molar-refractivity contribution in [3.63, 3.8) is 0 Å². The number of sulfonamides is 1. The number of hydrogen-bond donors (Lipinski definition) is 3. The zero-order valence-corrected chi connectivity index (χ0v) is 16.0. The third kappa shape index (κ3) is 8.12. The van der Waals surface area contributed by atoms with Gasteiger partial charge in [-0.3, -0.25) is 4.79 Å². The van der Waals surface area contributed by atoms with Gasteiger partial charge in [0.05, 0.1) is 0 Å². The average molecular weight is 384 g/mol. The van der Waals surface area contributed by atoms with Crippen molar-refractivity contribution in [1.29, 1.82) is 0 Å². The largest absolute Gasteiger partial charge is 0.356 e. The second-order valence-corrected chi connectivity index (χ2v) is 8.26. The Morgan fingerprint density at radius 3 is 2.65 bits per heavy atom. The van der Waals surface area contributed by atoms with Crippen molar-refractivity contribution < 1.29 is 13.2 Å². The molecule has 0 saturated carbocycles. The second-order valence-electron chi connectivity index (χ2n) is 5.15. The van der Waals surface area contributed by atoms with Crippen LogP contribution >= 0.6 is 23.7 Å². The number of carbonyl (C=O) groups excluding carboxylic acids is 1. The van der Waals surface area contributed by atoms with E-state index in [2.05, 4.69) is 17.0 Å².